The van der Waals surface area contributed by atoms with Crippen molar-refractivity contribution in [2.75, 3.05) is 20.1 Å². The molecule has 4 heterocycles. The molecule has 5 rings (SSSR count). The van der Waals surface area contributed by atoms with Crippen molar-refractivity contribution in [1.82, 2.24) is 19.6 Å². The van der Waals surface area contributed by atoms with E-state index in [0.29, 0.717) is 26.2 Å². The van der Waals surface area contributed by atoms with E-state index < -0.39 is 17.4 Å². The van der Waals surface area contributed by atoms with Crippen molar-refractivity contribution in [3.05, 3.63) is 65.5 Å². The van der Waals surface area contributed by atoms with Crippen LogP contribution < -0.4 is 0 Å². The van der Waals surface area contributed by atoms with Crippen LogP contribution in [0.3, 0.4) is 0 Å². The number of amides is 2. The number of carbonyl (C=O) groups is 2. The maximum atomic E-state index is 13.4. The van der Waals surface area contributed by atoms with Crippen LogP contribution in [0.15, 0.2) is 48.8 Å². The summed E-state index contributed by atoms with van der Waals surface area (Å²) in [6, 6.07) is 8.16. The fourth-order valence-electron chi connectivity index (χ4n) is 5.17. The number of fused-ring (bicyclic) bond motifs is 1. The van der Waals surface area contributed by atoms with Crippen LogP contribution in [0.4, 0.5) is 0 Å². The van der Waals surface area contributed by atoms with Crippen LogP contribution in [0.1, 0.15) is 16.7 Å². The van der Waals surface area contributed by atoms with Crippen molar-refractivity contribution in [1.29, 1.82) is 0 Å². The van der Waals surface area contributed by atoms with Crippen LogP contribution in [-0.2, 0) is 27.4 Å². The Hall–Kier alpha value is -2.93. The number of carbonyl (C=O) groups excluding carboxylic acids is 2. The van der Waals surface area contributed by atoms with Gasteiger partial charge in [-0.15, -0.1) is 0 Å². The minimum atomic E-state index is -0.676. The van der Waals surface area contributed by atoms with Gasteiger partial charge < -0.3 is 14.5 Å². The zero-order valence-electron chi connectivity index (χ0n) is 18.2. The zero-order chi connectivity index (χ0) is 21.8. The van der Waals surface area contributed by atoms with E-state index in [2.05, 4.69) is 37.1 Å². The number of benzene rings is 1. The lowest BCUT2D eigenvalue weighted by Crippen LogP contribution is -2.45. The van der Waals surface area contributed by atoms with Gasteiger partial charge in [-0.2, -0.15) is 5.10 Å². The van der Waals surface area contributed by atoms with Gasteiger partial charge in [-0.05, 0) is 36.6 Å². The molecule has 0 N–H and O–H groups in total. The van der Waals surface area contributed by atoms with E-state index in [0.717, 1.165) is 5.56 Å². The van der Waals surface area contributed by atoms with Crippen molar-refractivity contribution in [2.24, 2.45) is 11.8 Å². The van der Waals surface area contributed by atoms with E-state index in [9.17, 15) is 9.59 Å². The lowest BCUT2D eigenvalue weighted by Gasteiger charge is -2.27. The topological polar surface area (TPSA) is 67.7 Å². The second kappa shape index (κ2) is 7.34. The van der Waals surface area contributed by atoms with Gasteiger partial charge in [0, 0.05) is 32.5 Å². The third-order valence-electron chi connectivity index (χ3n) is 7.01. The highest BCUT2D eigenvalue weighted by molar-refractivity contribution is 5.93. The number of likely N-dealkylation sites (tertiary alicyclic amines) is 1. The van der Waals surface area contributed by atoms with Crippen LogP contribution in [0.25, 0.3) is 0 Å². The Morgan fingerprint density at radius 1 is 1.32 bits per heavy atom. The second-order valence-electron chi connectivity index (χ2n) is 9.04. The molecule has 1 aromatic heterocycles. The second-order valence-corrected chi connectivity index (χ2v) is 9.04. The Balaban J connectivity index is 1.32. The Kier molecular flexibility index (Phi) is 4.73. The minimum absolute atomic E-state index is 0.0175. The normalized spacial score (nSPS) is 28.4. The highest BCUT2D eigenvalue weighted by Crippen LogP contribution is 2.52. The molecule has 0 aliphatic carbocycles. The van der Waals surface area contributed by atoms with Crippen molar-refractivity contribution in [3.63, 3.8) is 0 Å². The SMILES string of the molecule is Cc1ccc(CN2C[C@]34C=C[C@H](O3)[C@H](C(=O)N(C)CCn3cccn3)[C@@H]4C2=O)cc1C. The maximum absolute atomic E-state index is 13.4. The molecule has 0 unspecified atom stereocenters. The molecule has 0 saturated carbocycles. The Bertz CT molecular complexity index is 1050. The summed E-state index contributed by atoms with van der Waals surface area (Å²) < 4.78 is 8.06. The summed E-state index contributed by atoms with van der Waals surface area (Å²) in [5.74, 6) is -0.933. The van der Waals surface area contributed by atoms with Gasteiger partial charge in [0.05, 0.1) is 31.0 Å². The first-order valence-electron chi connectivity index (χ1n) is 10.8. The van der Waals surface area contributed by atoms with E-state index in [1.54, 1.807) is 22.8 Å². The Morgan fingerprint density at radius 3 is 2.90 bits per heavy atom. The lowest BCUT2D eigenvalue weighted by molar-refractivity contribution is -0.142. The molecule has 2 saturated heterocycles. The summed E-state index contributed by atoms with van der Waals surface area (Å²) in [6.07, 6.45) is 7.25. The predicted molar refractivity (Wildman–Crippen MR) is 115 cm³/mol. The number of hydrogen-bond acceptors (Lipinski definition) is 4. The molecule has 7 heteroatoms. The number of rotatable bonds is 6. The maximum Gasteiger partial charge on any atom is 0.230 e. The highest BCUT2D eigenvalue weighted by atomic mass is 16.5. The Morgan fingerprint density at radius 2 is 2.16 bits per heavy atom. The van der Waals surface area contributed by atoms with Gasteiger partial charge in [0.2, 0.25) is 11.8 Å². The van der Waals surface area contributed by atoms with Gasteiger partial charge in [-0.1, -0.05) is 30.4 Å². The highest BCUT2D eigenvalue weighted by Gasteiger charge is 2.67. The monoisotopic (exact) mass is 420 g/mol. The van der Waals surface area contributed by atoms with Gasteiger partial charge in [0.15, 0.2) is 0 Å². The standard InChI is InChI=1S/C24H28N4O3/c1-16-5-6-18(13-17(16)2)14-27-15-24-8-7-19(31-24)20(21(24)23(27)30)22(29)26(3)11-12-28-10-4-9-25-28/h4-10,13,19-21H,11-12,14-15H2,1-3H3/t19-,20-,21+,24-/m0/s1. The molecule has 1 aromatic carbocycles. The molecule has 2 fully saturated rings. The first-order valence-corrected chi connectivity index (χ1v) is 10.8. The number of aromatic nitrogens is 2. The molecule has 3 aliphatic heterocycles. The quantitative estimate of drug-likeness (QED) is 0.670. The molecule has 1 spiro atoms. The summed E-state index contributed by atoms with van der Waals surface area (Å²) in [6.45, 7) is 6.35. The van der Waals surface area contributed by atoms with E-state index in [4.69, 9.17) is 4.74 Å². The van der Waals surface area contributed by atoms with Gasteiger partial charge in [-0.25, -0.2) is 0 Å². The summed E-state index contributed by atoms with van der Waals surface area (Å²) in [7, 11) is 1.79. The van der Waals surface area contributed by atoms with E-state index in [1.807, 2.05) is 29.3 Å². The number of nitrogens with zero attached hydrogens (tertiary/aromatic N) is 4. The molecule has 2 aromatic rings. The minimum Gasteiger partial charge on any atom is -0.360 e. The van der Waals surface area contributed by atoms with Gasteiger partial charge >= 0.3 is 0 Å². The molecule has 2 amide bonds. The smallest absolute Gasteiger partial charge is 0.230 e. The molecule has 7 nitrogen and oxygen atoms in total. The lowest BCUT2D eigenvalue weighted by atomic mass is 9.76. The fraction of sp³-hybridized carbons (Fsp3) is 0.458. The molecule has 4 atom stereocenters. The van der Waals surface area contributed by atoms with Crippen molar-refractivity contribution < 1.29 is 14.3 Å². The third-order valence-corrected chi connectivity index (χ3v) is 7.01. The van der Waals surface area contributed by atoms with Crippen LogP contribution in [0.5, 0.6) is 0 Å². The molecular formula is C24H28N4O3. The summed E-state index contributed by atoms with van der Waals surface area (Å²) in [5, 5.41) is 4.19. The van der Waals surface area contributed by atoms with Crippen molar-refractivity contribution in [2.45, 2.75) is 38.6 Å². The summed E-state index contributed by atoms with van der Waals surface area (Å²) in [5.41, 5.74) is 2.88. The molecule has 162 valence electrons. The van der Waals surface area contributed by atoms with Gasteiger partial charge in [0.1, 0.15) is 5.60 Å². The number of aryl methyl sites for hydroxylation is 2. The van der Waals surface area contributed by atoms with Crippen LogP contribution in [0, 0.1) is 25.7 Å². The van der Waals surface area contributed by atoms with Crippen LogP contribution in [-0.4, -0.2) is 63.2 Å². The zero-order valence-corrected chi connectivity index (χ0v) is 18.2. The molecular weight excluding hydrogens is 392 g/mol. The molecule has 0 radical (unpaired) electrons. The summed E-state index contributed by atoms with van der Waals surface area (Å²) in [4.78, 5) is 30.3. The van der Waals surface area contributed by atoms with Crippen molar-refractivity contribution >= 4 is 11.8 Å². The molecule has 2 bridgehead atoms. The van der Waals surface area contributed by atoms with E-state index in [-0.39, 0.29) is 17.9 Å². The average Bonchev–Trinajstić information content (AvgIpc) is 3.51. The van der Waals surface area contributed by atoms with Crippen LogP contribution >= 0.6 is 0 Å². The van der Waals surface area contributed by atoms with Gasteiger partial charge in [0.25, 0.3) is 0 Å². The number of likely N-dealkylation sites (N-methyl/N-ethyl adjacent to an activating group) is 1. The number of ether oxygens (including phenoxy) is 1. The van der Waals surface area contributed by atoms with Crippen LogP contribution in [0.2, 0.25) is 0 Å². The molecule has 31 heavy (non-hydrogen) atoms. The van der Waals surface area contributed by atoms with E-state index in [1.165, 1.54) is 11.1 Å². The largest absolute Gasteiger partial charge is 0.360 e. The fourth-order valence-corrected chi connectivity index (χ4v) is 5.17. The Labute approximate surface area is 182 Å². The first kappa shape index (κ1) is 20.0. The third kappa shape index (κ3) is 3.28. The molecule has 3 aliphatic rings. The van der Waals surface area contributed by atoms with E-state index >= 15 is 0 Å². The van der Waals surface area contributed by atoms with Crippen molar-refractivity contribution in [3.8, 4) is 0 Å². The average molecular weight is 421 g/mol. The first-order chi connectivity index (χ1) is 14.9. The number of hydrogen-bond donors (Lipinski definition) is 0. The predicted octanol–water partition coefficient (Wildman–Crippen LogP) is 1.94. The van der Waals surface area contributed by atoms with Gasteiger partial charge in [-0.3, -0.25) is 14.3 Å². The summed E-state index contributed by atoms with van der Waals surface area (Å²) >= 11 is 0.